The maximum absolute atomic E-state index is 11.8. The van der Waals surface area contributed by atoms with E-state index >= 15 is 0 Å². The Labute approximate surface area is 80.9 Å². The molecule has 0 aliphatic heterocycles. The van der Waals surface area contributed by atoms with Gasteiger partial charge < -0.3 is 10.5 Å². The van der Waals surface area contributed by atoms with Crippen molar-refractivity contribution < 1.29 is 13.5 Å². The molecule has 0 unspecified atom stereocenters. The molecule has 0 radical (unpaired) electrons. The summed E-state index contributed by atoms with van der Waals surface area (Å²) >= 11 is 0. The van der Waals surface area contributed by atoms with Crippen LogP contribution in [0.1, 0.15) is 11.3 Å². The van der Waals surface area contributed by atoms with Gasteiger partial charge in [-0.1, -0.05) is 0 Å². The molecule has 78 valence electrons. The molecule has 1 aromatic heterocycles. The Bertz CT molecular complexity index is 305. The maximum Gasteiger partial charge on any atom is 0.272 e. The molecule has 0 spiro atoms. The third-order valence-electron chi connectivity index (χ3n) is 1.69. The topological polar surface area (TPSA) is 48.1 Å². The summed E-state index contributed by atoms with van der Waals surface area (Å²) < 4.78 is 28.5. The fourth-order valence-electron chi connectivity index (χ4n) is 1.02. The highest BCUT2D eigenvalue weighted by Crippen LogP contribution is 2.17. The third kappa shape index (κ3) is 2.92. The van der Waals surface area contributed by atoms with Gasteiger partial charge in [-0.15, -0.1) is 0 Å². The number of alkyl halides is 2. The molecule has 0 amide bonds. The number of rotatable bonds is 4. The van der Waals surface area contributed by atoms with E-state index in [9.17, 15) is 8.78 Å². The molecule has 5 heteroatoms. The molecule has 1 aromatic rings. The van der Waals surface area contributed by atoms with Crippen molar-refractivity contribution in [2.75, 3.05) is 6.61 Å². The molecule has 0 saturated heterocycles. The van der Waals surface area contributed by atoms with Gasteiger partial charge in [-0.25, -0.2) is 8.78 Å². The third-order valence-corrected chi connectivity index (χ3v) is 1.69. The molecule has 3 nitrogen and oxygen atoms in total. The minimum absolute atomic E-state index is 0.329. The number of hydrogen-bond acceptors (Lipinski definition) is 3. The summed E-state index contributed by atoms with van der Waals surface area (Å²) in [5.41, 5.74) is 6.85. The van der Waals surface area contributed by atoms with Crippen LogP contribution in [0.5, 0.6) is 5.75 Å². The number of nitrogens with two attached hydrogens (primary N) is 1. The smallest absolute Gasteiger partial charge is 0.272 e. The summed E-state index contributed by atoms with van der Waals surface area (Å²) in [6.45, 7) is 1.49. The van der Waals surface area contributed by atoms with Crippen molar-refractivity contribution in [2.45, 2.75) is 19.9 Å². The number of hydrogen-bond donors (Lipinski definition) is 1. The van der Waals surface area contributed by atoms with Crippen LogP contribution in [0, 0.1) is 6.92 Å². The molecule has 1 heterocycles. The van der Waals surface area contributed by atoms with E-state index in [1.165, 1.54) is 6.20 Å². The van der Waals surface area contributed by atoms with Crippen LogP contribution in [0.4, 0.5) is 8.78 Å². The van der Waals surface area contributed by atoms with Gasteiger partial charge in [0.05, 0.1) is 11.9 Å². The molecular weight excluding hydrogens is 190 g/mol. The highest BCUT2D eigenvalue weighted by Gasteiger charge is 2.06. The predicted octanol–water partition coefficient (Wildman–Crippen LogP) is 1.49. The van der Waals surface area contributed by atoms with Crippen LogP contribution >= 0.6 is 0 Å². The molecule has 14 heavy (non-hydrogen) atoms. The molecule has 0 aliphatic rings. The summed E-state index contributed by atoms with van der Waals surface area (Å²) in [7, 11) is 0. The van der Waals surface area contributed by atoms with Gasteiger partial charge in [0.2, 0.25) is 0 Å². The first-order valence-corrected chi connectivity index (χ1v) is 4.20. The lowest BCUT2D eigenvalue weighted by molar-refractivity contribution is 0.0814. The van der Waals surface area contributed by atoms with Crippen molar-refractivity contribution in [1.29, 1.82) is 0 Å². The van der Waals surface area contributed by atoms with E-state index in [-0.39, 0.29) is 0 Å². The van der Waals surface area contributed by atoms with Crippen LogP contribution in [0.15, 0.2) is 12.3 Å². The molecule has 0 saturated carbocycles. The maximum atomic E-state index is 11.8. The van der Waals surface area contributed by atoms with Crippen molar-refractivity contribution in [1.82, 2.24) is 4.98 Å². The van der Waals surface area contributed by atoms with Crippen LogP contribution in [-0.2, 0) is 6.54 Å². The second-order valence-corrected chi connectivity index (χ2v) is 2.85. The summed E-state index contributed by atoms with van der Waals surface area (Å²) in [5, 5.41) is 0. The summed E-state index contributed by atoms with van der Waals surface area (Å²) in [5.74, 6) is 0.377. The van der Waals surface area contributed by atoms with Crippen molar-refractivity contribution in [2.24, 2.45) is 5.73 Å². The Balaban J connectivity index is 2.69. The van der Waals surface area contributed by atoms with Crippen molar-refractivity contribution in [3.05, 3.63) is 23.5 Å². The predicted molar refractivity (Wildman–Crippen MR) is 48.4 cm³/mol. The molecule has 0 aliphatic carbocycles. The lowest BCUT2D eigenvalue weighted by Crippen LogP contribution is -2.09. The van der Waals surface area contributed by atoms with E-state index in [4.69, 9.17) is 10.5 Å². The fourth-order valence-corrected chi connectivity index (χ4v) is 1.02. The van der Waals surface area contributed by atoms with Gasteiger partial charge in [-0.05, 0) is 18.6 Å². The minimum atomic E-state index is -2.47. The van der Waals surface area contributed by atoms with E-state index in [0.29, 0.717) is 18.0 Å². The molecule has 0 aromatic carbocycles. The second kappa shape index (κ2) is 4.85. The van der Waals surface area contributed by atoms with E-state index in [1.807, 2.05) is 0 Å². The molecule has 0 fully saturated rings. The average Bonchev–Trinajstić information content (AvgIpc) is 2.15. The van der Waals surface area contributed by atoms with Crippen molar-refractivity contribution in [3.8, 4) is 5.75 Å². The van der Waals surface area contributed by atoms with Crippen LogP contribution in [0.2, 0.25) is 0 Å². The van der Waals surface area contributed by atoms with Gasteiger partial charge in [-0.3, -0.25) is 4.98 Å². The van der Waals surface area contributed by atoms with Gasteiger partial charge in [0.1, 0.15) is 12.4 Å². The molecule has 2 N–H and O–H groups in total. The van der Waals surface area contributed by atoms with Gasteiger partial charge in [0.25, 0.3) is 6.43 Å². The van der Waals surface area contributed by atoms with Gasteiger partial charge in [0.15, 0.2) is 0 Å². The highest BCUT2D eigenvalue weighted by molar-refractivity contribution is 5.31. The van der Waals surface area contributed by atoms with E-state index in [0.717, 1.165) is 5.56 Å². The minimum Gasteiger partial charge on any atom is -0.486 e. The zero-order valence-electron chi connectivity index (χ0n) is 7.84. The van der Waals surface area contributed by atoms with Crippen LogP contribution in [-0.4, -0.2) is 18.0 Å². The molecule has 1 rings (SSSR count). The standard InChI is InChI=1S/C9H12F2N2O/c1-6-2-7(3-12)13-4-8(6)14-5-9(10)11/h2,4,9H,3,5,12H2,1H3. The summed E-state index contributed by atoms with van der Waals surface area (Å²) in [6.07, 6.45) is -1.05. The molecule has 0 atom stereocenters. The number of ether oxygens (including phenoxy) is 1. The van der Waals surface area contributed by atoms with Crippen LogP contribution < -0.4 is 10.5 Å². The SMILES string of the molecule is Cc1cc(CN)ncc1OCC(F)F. The largest absolute Gasteiger partial charge is 0.486 e. The summed E-state index contributed by atoms with van der Waals surface area (Å²) in [4.78, 5) is 3.94. The van der Waals surface area contributed by atoms with Gasteiger partial charge in [0, 0.05) is 6.54 Å². The molecule has 0 bridgehead atoms. The normalized spacial score (nSPS) is 10.6. The first kappa shape index (κ1) is 10.8. The average molecular weight is 202 g/mol. The van der Waals surface area contributed by atoms with E-state index in [2.05, 4.69) is 4.98 Å². The van der Waals surface area contributed by atoms with Gasteiger partial charge >= 0.3 is 0 Å². The number of halogens is 2. The summed E-state index contributed by atoms with van der Waals surface area (Å²) in [6, 6.07) is 1.72. The first-order chi connectivity index (χ1) is 6.63. The Morgan fingerprint density at radius 2 is 2.29 bits per heavy atom. The molecular formula is C9H12F2N2O. The lowest BCUT2D eigenvalue weighted by Gasteiger charge is -2.08. The van der Waals surface area contributed by atoms with E-state index in [1.54, 1.807) is 13.0 Å². The Morgan fingerprint density at radius 1 is 1.57 bits per heavy atom. The Morgan fingerprint density at radius 3 is 2.79 bits per heavy atom. The highest BCUT2D eigenvalue weighted by atomic mass is 19.3. The lowest BCUT2D eigenvalue weighted by atomic mass is 10.2. The monoisotopic (exact) mass is 202 g/mol. The second-order valence-electron chi connectivity index (χ2n) is 2.85. The quantitative estimate of drug-likeness (QED) is 0.804. The van der Waals surface area contributed by atoms with Crippen LogP contribution in [0.3, 0.4) is 0 Å². The number of nitrogens with zero attached hydrogens (tertiary/aromatic N) is 1. The van der Waals surface area contributed by atoms with E-state index < -0.39 is 13.0 Å². The zero-order chi connectivity index (χ0) is 10.6. The number of aromatic nitrogens is 1. The van der Waals surface area contributed by atoms with Gasteiger partial charge in [-0.2, -0.15) is 0 Å². The zero-order valence-corrected chi connectivity index (χ0v) is 7.84. The van der Waals surface area contributed by atoms with Crippen molar-refractivity contribution in [3.63, 3.8) is 0 Å². The number of pyridine rings is 1. The van der Waals surface area contributed by atoms with Crippen molar-refractivity contribution >= 4 is 0 Å². The number of aryl methyl sites for hydroxylation is 1. The Kier molecular flexibility index (Phi) is 3.76. The Hall–Kier alpha value is -1.23. The first-order valence-electron chi connectivity index (χ1n) is 4.20. The fraction of sp³-hybridized carbons (Fsp3) is 0.444. The van der Waals surface area contributed by atoms with Crippen LogP contribution in [0.25, 0.3) is 0 Å².